The number of rotatable bonds is 3. The van der Waals surface area contributed by atoms with Crippen LogP contribution in [0.4, 0.5) is 4.39 Å². The van der Waals surface area contributed by atoms with Crippen LogP contribution in [0, 0.1) is 5.82 Å². The molecule has 0 saturated carbocycles. The van der Waals surface area contributed by atoms with E-state index in [1.807, 2.05) is 0 Å². The molecule has 2 N–H and O–H groups in total. The van der Waals surface area contributed by atoms with Gasteiger partial charge in [-0.3, -0.25) is 0 Å². The molecule has 0 amide bonds. The summed E-state index contributed by atoms with van der Waals surface area (Å²) >= 11 is 5.58. The van der Waals surface area contributed by atoms with Gasteiger partial charge in [-0.1, -0.05) is 11.6 Å². The lowest BCUT2D eigenvalue weighted by molar-refractivity contribution is 0.0853. The molecule has 0 spiro atoms. The third-order valence-electron chi connectivity index (χ3n) is 1.57. The maximum absolute atomic E-state index is 13.0. The number of nitrogens with one attached hydrogen (secondary N) is 1. The summed E-state index contributed by atoms with van der Waals surface area (Å²) in [6.07, 6.45) is 0. The molecule has 0 aliphatic heterocycles. The molecule has 0 aliphatic rings. The molecular formula is C8H9ClFNO2. The molecule has 1 aromatic carbocycles. The first-order valence-corrected chi connectivity index (χ1v) is 3.96. The Morgan fingerprint density at radius 3 is 2.92 bits per heavy atom. The fraction of sp³-hybridized carbons (Fsp3) is 0.250. The van der Waals surface area contributed by atoms with E-state index in [4.69, 9.17) is 11.6 Å². The number of halogens is 2. The second-order valence-corrected chi connectivity index (χ2v) is 2.79. The average molecular weight is 206 g/mol. The van der Waals surface area contributed by atoms with Gasteiger partial charge in [0.25, 0.3) is 0 Å². The highest BCUT2D eigenvalue weighted by Crippen LogP contribution is 2.28. The van der Waals surface area contributed by atoms with Crippen LogP contribution in [0.2, 0.25) is 5.02 Å². The smallest absolute Gasteiger partial charge is 0.141 e. The molecule has 0 aliphatic carbocycles. The molecule has 0 unspecified atom stereocenters. The van der Waals surface area contributed by atoms with Crippen molar-refractivity contribution < 1.29 is 14.3 Å². The van der Waals surface area contributed by atoms with Crippen molar-refractivity contribution in [3.8, 4) is 5.75 Å². The van der Waals surface area contributed by atoms with Crippen LogP contribution >= 0.6 is 11.6 Å². The van der Waals surface area contributed by atoms with Crippen molar-refractivity contribution in [3.63, 3.8) is 0 Å². The van der Waals surface area contributed by atoms with Crippen LogP contribution in [0.3, 0.4) is 0 Å². The van der Waals surface area contributed by atoms with Gasteiger partial charge in [0.2, 0.25) is 0 Å². The van der Waals surface area contributed by atoms with Gasteiger partial charge in [-0.05, 0) is 12.1 Å². The molecule has 72 valence electrons. The van der Waals surface area contributed by atoms with Crippen LogP contribution in [0.15, 0.2) is 12.1 Å². The summed E-state index contributed by atoms with van der Waals surface area (Å²) in [7, 11) is 1.40. The van der Waals surface area contributed by atoms with E-state index < -0.39 is 5.82 Å². The first kappa shape index (κ1) is 10.2. The predicted molar refractivity (Wildman–Crippen MR) is 46.9 cm³/mol. The van der Waals surface area contributed by atoms with Crippen LogP contribution in [-0.4, -0.2) is 12.2 Å². The molecule has 13 heavy (non-hydrogen) atoms. The third-order valence-corrected chi connectivity index (χ3v) is 1.87. The monoisotopic (exact) mass is 205 g/mol. The summed E-state index contributed by atoms with van der Waals surface area (Å²) in [6, 6.07) is 2.48. The van der Waals surface area contributed by atoms with Crippen LogP contribution in [-0.2, 0) is 11.4 Å². The molecule has 0 radical (unpaired) electrons. The second-order valence-electron chi connectivity index (χ2n) is 2.38. The normalized spacial score (nSPS) is 10.4. The van der Waals surface area contributed by atoms with Gasteiger partial charge in [-0.25, -0.2) is 4.39 Å². The zero-order valence-electron chi connectivity index (χ0n) is 6.97. The van der Waals surface area contributed by atoms with Gasteiger partial charge in [0.05, 0.1) is 18.7 Å². The Morgan fingerprint density at radius 2 is 2.31 bits per heavy atom. The lowest BCUT2D eigenvalue weighted by atomic mass is 10.2. The largest absolute Gasteiger partial charge is 0.506 e. The topological polar surface area (TPSA) is 41.5 Å². The predicted octanol–water partition coefficient (Wildman–Crippen LogP) is 1.84. The van der Waals surface area contributed by atoms with E-state index in [9.17, 15) is 9.50 Å². The van der Waals surface area contributed by atoms with E-state index in [2.05, 4.69) is 10.3 Å². The molecule has 0 bridgehead atoms. The first-order chi connectivity index (χ1) is 6.16. The van der Waals surface area contributed by atoms with E-state index in [0.717, 1.165) is 0 Å². The Kier molecular flexibility index (Phi) is 3.48. The van der Waals surface area contributed by atoms with E-state index in [1.54, 1.807) is 0 Å². The van der Waals surface area contributed by atoms with Gasteiger partial charge >= 0.3 is 0 Å². The Morgan fingerprint density at radius 1 is 1.62 bits per heavy atom. The van der Waals surface area contributed by atoms with Crippen molar-refractivity contribution in [1.82, 2.24) is 5.48 Å². The van der Waals surface area contributed by atoms with E-state index in [1.165, 1.54) is 19.2 Å². The number of phenols is 1. The molecule has 3 nitrogen and oxygen atoms in total. The van der Waals surface area contributed by atoms with Crippen molar-refractivity contribution in [2.45, 2.75) is 6.54 Å². The minimum Gasteiger partial charge on any atom is -0.506 e. The summed E-state index contributed by atoms with van der Waals surface area (Å²) in [5, 5.41) is 9.46. The van der Waals surface area contributed by atoms with Crippen molar-refractivity contribution >= 4 is 11.6 Å². The quantitative estimate of drug-likeness (QED) is 0.740. The Hall–Kier alpha value is -0.840. The Balaban J connectivity index is 2.96. The summed E-state index contributed by atoms with van der Waals surface area (Å²) in [4.78, 5) is 4.52. The summed E-state index contributed by atoms with van der Waals surface area (Å²) in [5.41, 5.74) is 2.51. The van der Waals surface area contributed by atoms with Gasteiger partial charge in [-0.2, -0.15) is 5.48 Å². The van der Waals surface area contributed by atoms with Crippen molar-refractivity contribution in [1.29, 1.82) is 0 Å². The van der Waals surface area contributed by atoms with Gasteiger partial charge in [0.15, 0.2) is 0 Å². The highest BCUT2D eigenvalue weighted by molar-refractivity contribution is 6.32. The molecule has 0 saturated heterocycles. The Bertz CT molecular complexity index is 306. The summed E-state index contributed by atoms with van der Waals surface area (Å²) < 4.78 is 13.0. The van der Waals surface area contributed by atoms with Gasteiger partial charge in [-0.15, -0.1) is 0 Å². The minimum atomic E-state index is -0.522. The van der Waals surface area contributed by atoms with E-state index in [0.29, 0.717) is 0 Å². The highest BCUT2D eigenvalue weighted by atomic mass is 35.5. The number of hydrogen-bond acceptors (Lipinski definition) is 3. The number of phenolic OH excluding ortho intramolecular Hbond substituents is 1. The van der Waals surface area contributed by atoms with Crippen LogP contribution < -0.4 is 5.48 Å². The molecule has 0 heterocycles. The molecular weight excluding hydrogens is 197 g/mol. The SMILES string of the molecule is CONCc1c(F)ccc(Cl)c1O. The fourth-order valence-electron chi connectivity index (χ4n) is 0.896. The minimum absolute atomic E-state index is 0.0642. The molecule has 0 aromatic heterocycles. The second kappa shape index (κ2) is 4.41. The third kappa shape index (κ3) is 2.30. The number of hydroxylamine groups is 1. The summed E-state index contributed by atoms with van der Waals surface area (Å²) in [6.45, 7) is 0.0642. The molecule has 1 rings (SSSR count). The molecule has 5 heteroatoms. The van der Waals surface area contributed by atoms with Crippen LogP contribution in [0.5, 0.6) is 5.75 Å². The van der Waals surface area contributed by atoms with E-state index >= 15 is 0 Å². The maximum atomic E-state index is 13.0. The number of hydrogen-bond donors (Lipinski definition) is 2. The van der Waals surface area contributed by atoms with Gasteiger partial charge in [0.1, 0.15) is 11.6 Å². The van der Waals surface area contributed by atoms with E-state index in [-0.39, 0.29) is 22.9 Å². The van der Waals surface area contributed by atoms with Crippen molar-refractivity contribution in [3.05, 3.63) is 28.5 Å². The first-order valence-electron chi connectivity index (χ1n) is 3.58. The molecule has 0 atom stereocenters. The molecule has 0 fully saturated rings. The average Bonchev–Trinajstić information content (AvgIpc) is 2.12. The standard InChI is InChI=1S/C8H9ClFNO2/c1-13-11-4-5-7(10)3-2-6(9)8(5)12/h2-3,11-12H,4H2,1H3. The zero-order chi connectivity index (χ0) is 9.84. The lowest BCUT2D eigenvalue weighted by Gasteiger charge is -2.07. The number of aromatic hydroxyl groups is 1. The van der Waals surface area contributed by atoms with Gasteiger partial charge < -0.3 is 9.94 Å². The van der Waals surface area contributed by atoms with Crippen LogP contribution in [0.1, 0.15) is 5.56 Å². The van der Waals surface area contributed by atoms with Crippen LogP contribution in [0.25, 0.3) is 0 Å². The summed E-state index contributed by atoms with van der Waals surface area (Å²) in [5.74, 6) is -0.780. The Labute approximate surface area is 80.0 Å². The molecule has 1 aromatic rings. The highest BCUT2D eigenvalue weighted by Gasteiger charge is 2.10. The lowest BCUT2D eigenvalue weighted by Crippen LogP contribution is -2.12. The number of benzene rings is 1. The zero-order valence-corrected chi connectivity index (χ0v) is 7.73. The fourth-order valence-corrected chi connectivity index (χ4v) is 1.07. The maximum Gasteiger partial charge on any atom is 0.141 e. The van der Waals surface area contributed by atoms with Crippen molar-refractivity contribution in [2.24, 2.45) is 0 Å². The van der Waals surface area contributed by atoms with Crippen molar-refractivity contribution in [2.75, 3.05) is 7.11 Å². The van der Waals surface area contributed by atoms with Gasteiger partial charge in [0, 0.05) is 5.56 Å².